The zero-order valence-electron chi connectivity index (χ0n) is 14.0. The van der Waals surface area contributed by atoms with Gasteiger partial charge in [-0.15, -0.1) is 0 Å². The van der Waals surface area contributed by atoms with E-state index in [1.54, 1.807) is 5.01 Å². The highest BCUT2D eigenvalue weighted by Crippen LogP contribution is 2.29. The molecular formula is C19H25N3O2. The second kappa shape index (κ2) is 6.93. The van der Waals surface area contributed by atoms with Crippen molar-refractivity contribution in [3.8, 4) is 5.75 Å². The van der Waals surface area contributed by atoms with E-state index in [1.807, 2.05) is 12.1 Å². The minimum absolute atomic E-state index is 0.175. The maximum atomic E-state index is 12.1. The third-order valence-electron chi connectivity index (χ3n) is 5.26. The summed E-state index contributed by atoms with van der Waals surface area (Å²) in [4.78, 5) is 12.1. The van der Waals surface area contributed by atoms with Gasteiger partial charge >= 0.3 is 0 Å². The van der Waals surface area contributed by atoms with Crippen molar-refractivity contribution in [3.63, 3.8) is 0 Å². The summed E-state index contributed by atoms with van der Waals surface area (Å²) in [7, 11) is 0. The Kier molecular flexibility index (Phi) is 4.52. The number of ether oxygens (including phenoxy) is 1. The van der Waals surface area contributed by atoms with Crippen molar-refractivity contribution in [1.82, 2.24) is 10.3 Å². The Morgan fingerprint density at radius 3 is 2.46 bits per heavy atom. The lowest BCUT2D eigenvalue weighted by Crippen LogP contribution is -2.43. The number of nitrogens with one attached hydrogen (secondary N) is 1. The summed E-state index contributed by atoms with van der Waals surface area (Å²) in [5.74, 6) is 1.10. The molecule has 1 saturated carbocycles. The van der Waals surface area contributed by atoms with Gasteiger partial charge in [0.05, 0.1) is 11.8 Å². The first-order valence-corrected chi connectivity index (χ1v) is 9.17. The molecule has 1 amide bonds. The zero-order valence-corrected chi connectivity index (χ0v) is 14.0. The van der Waals surface area contributed by atoms with Crippen LogP contribution in [0.3, 0.4) is 0 Å². The third kappa shape index (κ3) is 3.31. The molecule has 0 bridgehead atoms. The van der Waals surface area contributed by atoms with Gasteiger partial charge in [0, 0.05) is 12.8 Å². The largest absolute Gasteiger partial charge is 0.490 e. The SMILES string of the molecule is O=C1CCC(c2ccc(OC3CCNCC3)cc2)=NN1C1CCC1. The first-order valence-electron chi connectivity index (χ1n) is 9.17. The van der Waals surface area contributed by atoms with Crippen LogP contribution in [0.2, 0.25) is 0 Å². The standard InChI is InChI=1S/C19H25N3O2/c23-19-9-8-18(21-22(19)15-2-1-3-15)14-4-6-16(7-5-14)24-17-10-12-20-13-11-17/h4-7,15,17,20H,1-3,8-13H2. The van der Waals surface area contributed by atoms with Crippen molar-refractivity contribution >= 4 is 11.6 Å². The number of rotatable bonds is 4. The highest BCUT2D eigenvalue weighted by molar-refractivity contribution is 6.04. The lowest BCUT2D eigenvalue weighted by Gasteiger charge is -2.36. The van der Waals surface area contributed by atoms with Crippen molar-refractivity contribution in [2.75, 3.05) is 13.1 Å². The lowest BCUT2D eigenvalue weighted by molar-refractivity contribution is -0.135. The monoisotopic (exact) mass is 327 g/mol. The second-order valence-electron chi connectivity index (χ2n) is 6.96. The zero-order chi connectivity index (χ0) is 16.4. The maximum absolute atomic E-state index is 12.1. The number of hydrogen-bond donors (Lipinski definition) is 1. The highest BCUT2D eigenvalue weighted by atomic mass is 16.5. The van der Waals surface area contributed by atoms with Crippen LogP contribution in [0, 0.1) is 0 Å². The van der Waals surface area contributed by atoms with Gasteiger partial charge in [-0.25, -0.2) is 5.01 Å². The van der Waals surface area contributed by atoms with Crippen LogP contribution in [-0.4, -0.2) is 41.9 Å². The Hall–Kier alpha value is -1.88. The van der Waals surface area contributed by atoms with Crippen molar-refractivity contribution in [3.05, 3.63) is 29.8 Å². The maximum Gasteiger partial charge on any atom is 0.243 e. The van der Waals surface area contributed by atoms with Crippen molar-refractivity contribution in [2.24, 2.45) is 5.10 Å². The van der Waals surface area contributed by atoms with E-state index in [0.717, 1.165) is 62.2 Å². The molecule has 2 fully saturated rings. The third-order valence-corrected chi connectivity index (χ3v) is 5.26. The van der Waals surface area contributed by atoms with E-state index in [-0.39, 0.29) is 5.91 Å². The summed E-state index contributed by atoms with van der Waals surface area (Å²) in [5.41, 5.74) is 2.12. The van der Waals surface area contributed by atoms with Gasteiger partial charge in [-0.05, 0) is 75.0 Å². The van der Waals surface area contributed by atoms with Crippen LogP contribution in [0.25, 0.3) is 0 Å². The Labute approximate surface area is 143 Å². The molecule has 2 aliphatic heterocycles. The number of benzene rings is 1. The van der Waals surface area contributed by atoms with Crippen molar-refractivity contribution in [1.29, 1.82) is 0 Å². The average molecular weight is 327 g/mol. The minimum Gasteiger partial charge on any atom is -0.490 e. The Morgan fingerprint density at radius 2 is 1.79 bits per heavy atom. The van der Waals surface area contributed by atoms with Crippen molar-refractivity contribution in [2.45, 2.75) is 57.1 Å². The van der Waals surface area contributed by atoms with Crippen LogP contribution < -0.4 is 10.1 Å². The molecule has 3 aliphatic rings. The van der Waals surface area contributed by atoms with Gasteiger partial charge in [-0.3, -0.25) is 4.79 Å². The lowest BCUT2D eigenvalue weighted by atomic mass is 9.91. The topological polar surface area (TPSA) is 53.9 Å². The fourth-order valence-electron chi connectivity index (χ4n) is 3.53. The fourth-order valence-corrected chi connectivity index (χ4v) is 3.53. The van der Waals surface area contributed by atoms with E-state index >= 15 is 0 Å². The van der Waals surface area contributed by atoms with E-state index < -0.39 is 0 Å². The normalized spacial score (nSPS) is 22.9. The van der Waals surface area contributed by atoms with E-state index in [1.165, 1.54) is 6.42 Å². The highest BCUT2D eigenvalue weighted by Gasteiger charge is 2.31. The fraction of sp³-hybridized carbons (Fsp3) is 0.579. The molecule has 128 valence electrons. The van der Waals surface area contributed by atoms with E-state index in [0.29, 0.717) is 18.6 Å². The molecule has 5 heteroatoms. The van der Waals surface area contributed by atoms with Gasteiger partial charge in [0.25, 0.3) is 0 Å². The molecule has 1 aliphatic carbocycles. The van der Waals surface area contributed by atoms with Crippen LogP contribution in [0.5, 0.6) is 5.75 Å². The molecule has 0 aromatic heterocycles. The molecule has 0 spiro atoms. The molecule has 0 atom stereocenters. The van der Waals surface area contributed by atoms with Gasteiger partial charge in [0.1, 0.15) is 11.9 Å². The number of carbonyl (C=O) groups is 1. The van der Waals surface area contributed by atoms with Crippen LogP contribution in [0.15, 0.2) is 29.4 Å². The van der Waals surface area contributed by atoms with E-state index in [2.05, 4.69) is 22.6 Å². The van der Waals surface area contributed by atoms with Crippen molar-refractivity contribution < 1.29 is 9.53 Å². The van der Waals surface area contributed by atoms with E-state index in [9.17, 15) is 4.79 Å². The molecule has 0 radical (unpaired) electrons. The number of nitrogens with zero attached hydrogens (tertiary/aromatic N) is 2. The average Bonchev–Trinajstić information content (AvgIpc) is 2.57. The summed E-state index contributed by atoms with van der Waals surface area (Å²) in [6, 6.07) is 8.54. The molecule has 2 heterocycles. The van der Waals surface area contributed by atoms with Crippen LogP contribution in [0.4, 0.5) is 0 Å². The molecule has 5 nitrogen and oxygen atoms in total. The second-order valence-corrected chi connectivity index (χ2v) is 6.96. The first-order chi connectivity index (χ1) is 11.8. The number of hydrazone groups is 1. The number of carbonyl (C=O) groups excluding carboxylic acids is 1. The summed E-state index contributed by atoms with van der Waals surface area (Å²) in [5, 5.41) is 9.74. The van der Waals surface area contributed by atoms with Crippen LogP contribution >= 0.6 is 0 Å². The summed E-state index contributed by atoms with van der Waals surface area (Å²) in [6.07, 6.45) is 7.13. The first kappa shape index (κ1) is 15.6. The van der Waals surface area contributed by atoms with Gasteiger partial charge in [0.15, 0.2) is 0 Å². The number of amides is 1. The molecule has 4 rings (SSSR count). The summed E-state index contributed by atoms with van der Waals surface area (Å²) < 4.78 is 6.06. The van der Waals surface area contributed by atoms with Gasteiger partial charge in [-0.1, -0.05) is 0 Å². The number of hydrogen-bond acceptors (Lipinski definition) is 4. The molecule has 1 N–H and O–H groups in total. The minimum atomic E-state index is 0.175. The Bertz CT molecular complexity index is 616. The molecule has 24 heavy (non-hydrogen) atoms. The van der Waals surface area contributed by atoms with Crippen LogP contribution in [0.1, 0.15) is 50.5 Å². The predicted molar refractivity (Wildman–Crippen MR) is 93.2 cm³/mol. The Morgan fingerprint density at radius 1 is 1.04 bits per heavy atom. The molecular weight excluding hydrogens is 302 g/mol. The summed E-state index contributed by atoms with van der Waals surface area (Å²) in [6.45, 7) is 2.06. The molecule has 1 aromatic carbocycles. The summed E-state index contributed by atoms with van der Waals surface area (Å²) >= 11 is 0. The molecule has 1 aromatic rings. The van der Waals surface area contributed by atoms with Gasteiger partial charge < -0.3 is 10.1 Å². The van der Waals surface area contributed by atoms with Gasteiger partial charge in [-0.2, -0.15) is 5.10 Å². The predicted octanol–water partition coefficient (Wildman–Crippen LogP) is 2.70. The van der Waals surface area contributed by atoms with E-state index in [4.69, 9.17) is 4.74 Å². The molecule has 1 saturated heterocycles. The smallest absolute Gasteiger partial charge is 0.243 e. The number of piperidine rings is 1. The quantitative estimate of drug-likeness (QED) is 0.925. The van der Waals surface area contributed by atoms with Crippen LogP contribution in [-0.2, 0) is 4.79 Å². The Balaban J connectivity index is 1.44. The molecule has 0 unspecified atom stereocenters. The van der Waals surface area contributed by atoms with Gasteiger partial charge in [0.2, 0.25) is 5.91 Å².